The van der Waals surface area contributed by atoms with Crippen molar-refractivity contribution in [1.29, 1.82) is 5.26 Å². The van der Waals surface area contributed by atoms with Gasteiger partial charge in [-0.15, -0.1) is 0 Å². The molecule has 0 amide bonds. The minimum Gasteiger partial charge on any atom is -0.423 e. The molecule has 0 atom stereocenters. The number of hydrogen-bond donors (Lipinski definition) is 0. The second kappa shape index (κ2) is 5.53. The van der Waals surface area contributed by atoms with Crippen molar-refractivity contribution in [2.45, 2.75) is 20.5 Å². The molecule has 19 heavy (non-hydrogen) atoms. The number of rotatable bonds is 3. The molecule has 0 spiro atoms. The van der Waals surface area contributed by atoms with Gasteiger partial charge in [-0.25, -0.2) is 4.39 Å². The highest BCUT2D eigenvalue weighted by Crippen LogP contribution is 2.28. The lowest BCUT2D eigenvalue weighted by Crippen LogP contribution is -1.93. The van der Waals surface area contributed by atoms with Crippen molar-refractivity contribution < 1.29 is 9.13 Å². The molecule has 2 rings (SSSR count). The molecule has 0 bridgehead atoms. The standard InChI is InChI=1S/C16H14FNO/c1-11-4-3-5-15(16(11)17)14-7-6-13(8-12(14)2)9-19-10-18/h3-8H,9H2,1-2H3. The fraction of sp³-hybridized carbons (Fsp3) is 0.188. The summed E-state index contributed by atoms with van der Waals surface area (Å²) in [5.41, 5.74) is 3.96. The van der Waals surface area contributed by atoms with Crippen LogP contribution in [0.2, 0.25) is 0 Å². The van der Waals surface area contributed by atoms with Crippen LogP contribution in [-0.4, -0.2) is 0 Å². The summed E-state index contributed by atoms with van der Waals surface area (Å²) in [4.78, 5) is 0. The molecule has 0 aromatic heterocycles. The molecule has 2 aromatic rings. The van der Waals surface area contributed by atoms with E-state index in [-0.39, 0.29) is 12.4 Å². The minimum atomic E-state index is -0.188. The molecule has 0 aliphatic heterocycles. The number of benzene rings is 2. The van der Waals surface area contributed by atoms with E-state index in [0.717, 1.165) is 16.7 Å². The van der Waals surface area contributed by atoms with Crippen molar-refractivity contribution in [3.8, 4) is 17.4 Å². The van der Waals surface area contributed by atoms with Crippen molar-refractivity contribution in [2.75, 3.05) is 0 Å². The third kappa shape index (κ3) is 2.74. The van der Waals surface area contributed by atoms with E-state index in [1.54, 1.807) is 25.3 Å². The summed E-state index contributed by atoms with van der Waals surface area (Å²) < 4.78 is 18.8. The Balaban J connectivity index is 2.41. The van der Waals surface area contributed by atoms with Gasteiger partial charge in [0, 0.05) is 5.56 Å². The largest absolute Gasteiger partial charge is 0.423 e. The molecule has 0 N–H and O–H groups in total. The average molecular weight is 255 g/mol. The van der Waals surface area contributed by atoms with Crippen LogP contribution < -0.4 is 0 Å². The molecule has 2 nitrogen and oxygen atoms in total. The van der Waals surface area contributed by atoms with Crippen LogP contribution in [-0.2, 0) is 11.3 Å². The number of ether oxygens (including phenoxy) is 1. The number of aryl methyl sites for hydroxylation is 2. The Morgan fingerprint density at radius 1 is 1.11 bits per heavy atom. The van der Waals surface area contributed by atoms with Gasteiger partial charge in [0.15, 0.2) is 0 Å². The molecule has 96 valence electrons. The monoisotopic (exact) mass is 255 g/mol. The van der Waals surface area contributed by atoms with Crippen LogP contribution in [0.3, 0.4) is 0 Å². The van der Waals surface area contributed by atoms with Gasteiger partial charge in [0.2, 0.25) is 0 Å². The van der Waals surface area contributed by atoms with Gasteiger partial charge in [0.1, 0.15) is 12.4 Å². The van der Waals surface area contributed by atoms with Crippen LogP contribution in [0.4, 0.5) is 4.39 Å². The maximum Gasteiger partial charge on any atom is 0.286 e. The van der Waals surface area contributed by atoms with Gasteiger partial charge in [0.25, 0.3) is 6.26 Å². The van der Waals surface area contributed by atoms with Crippen molar-refractivity contribution in [3.05, 3.63) is 58.9 Å². The molecule has 2 aromatic carbocycles. The fourth-order valence-electron chi connectivity index (χ4n) is 2.09. The van der Waals surface area contributed by atoms with Gasteiger partial charge in [0.05, 0.1) is 0 Å². The Hall–Kier alpha value is -2.34. The van der Waals surface area contributed by atoms with Gasteiger partial charge in [-0.2, -0.15) is 5.26 Å². The molecule has 0 fully saturated rings. The summed E-state index contributed by atoms with van der Waals surface area (Å²) in [5, 5.41) is 8.37. The SMILES string of the molecule is Cc1cc(COC#N)ccc1-c1cccc(C)c1F. The fourth-order valence-corrected chi connectivity index (χ4v) is 2.09. The van der Waals surface area contributed by atoms with Gasteiger partial charge >= 0.3 is 0 Å². The van der Waals surface area contributed by atoms with E-state index in [4.69, 9.17) is 10.00 Å². The van der Waals surface area contributed by atoms with Crippen LogP contribution in [0, 0.1) is 31.2 Å². The number of nitriles is 1. The van der Waals surface area contributed by atoms with Gasteiger partial charge in [-0.3, -0.25) is 0 Å². The molecule has 3 heteroatoms. The number of nitrogens with zero attached hydrogens (tertiary/aromatic N) is 1. The summed E-state index contributed by atoms with van der Waals surface area (Å²) in [6.45, 7) is 3.92. The predicted octanol–water partition coefficient (Wildman–Crippen LogP) is 4.11. The third-order valence-electron chi connectivity index (χ3n) is 3.08. The quantitative estimate of drug-likeness (QED) is 0.773. The molecule has 0 radical (unpaired) electrons. The summed E-state index contributed by atoms with van der Waals surface area (Å²) in [7, 11) is 0. The first kappa shape index (κ1) is 13.1. The molecular formula is C16H14FNO. The zero-order valence-electron chi connectivity index (χ0n) is 10.9. The van der Waals surface area contributed by atoms with E-state index >= 15 is 0 Å². The topological polar surface area (TPSA) is 33.0 Å². The number of halogens is 1. The van der Waals surface area contributed by atoms with Crippen LogP contribution in [0.5, 0.6) is 0 Å². The second-order valence-electron chi connectivity index (χ2n) is 4.47. The van der Waals surface area contributed by atoms with Gasteiger partial charge in [-0.05, 0) is 36.1 Å². The Kier molecular flexibility index (Phi) is 3.82. The normalized spacial score (nSPS) is 10.0. The van der Waals surface area contributed by atoms with E-state index in [0.29, 0.717) is 11.1 Å². The second-order valence-corrected chi connectivity index (χ2v) is 4.47. The first-order valence-electron chi connectivity index (χ1n) is 5.99. The Morgan fingerprint density at radius 2 is 1.89 bits per heavy atom. The minimum absolute atomic E-state index is 0.188. The Bertz CT molecular complexity index is 644. The van der Waals surface area contributed by atoms with Crippen LogP contribution in [0.25, 0.3) is 11.1 Å². The van der Waals surface area contributed by atoms with Crippen molar-refractivity contribution >= 4 is 0 Å². The Morgan fingerprint density at radius 3 is 2.58 bits per heavy atom. The molecule has 0 unspecified atom stereocenters. The van der Waals surface area contributed by atoms with Gasteiger partial charge < -0.3 is 4.74 Å². The van der Waals surface area contributed by atoms with E-state index in [9.17, 15) is 4.39 Å². The first-order valence-corrected chi connectivity index (χ1v) is 5.99. The Labute approximate surface area is 112 Å². The lowest BCUT2D eigenvalue weighted by molar-refractivity contribution is 0.257. The van der Waals surface area contributed by atoms with Crippen LogP contribution in [0.15, 0.2) is 36.4 Å². The van der Waals surface area contributed by atoms with Crippen LogP contribution >= 0.6 is 0 Å². The van der Waals surface area contributed by atoms with Crippen molar-refractivity contribution in [1.82, 2.24) is 0 Å². The smallest absolute Gasteiger partial charge is 0.286 e. The molecule has 0 heterocycles. The van der Waals surface area contributed by atoms with Crippen molar-refractivity contribution in [3.63, 3.8) is 0 Å². The maximum atomic E-state index is 14.1. The third-order valence-corrected chi connectivity index (χ3v) is 3.08. The summed E-state index contributed by atoms with van der Waals surface area (Å²) in [6.07, 6.45) is 1.64. The maximum absolute atomic E-state index is 14.1. The highest BCUT2D eigenvalue weighted by atomic mass is 19.1. The highest BCUT2D eigenvalue weighted by Gasteiger charge is 2.10. The summed E-state index contributed by atoms with van der Waals surface area (Å²) in [5.74, 6) is -0.188. The zero-order valence-corrected chi connectivity index (χ0v) is 10.9. The molecule has 0 aliphatic carbocycles. The van der Waals surface area contributed by atoms with E-state index in [1.165, 1.54) is 0 Å². The zero-order chi connectivity index (χ0) is 13.8. The van der Waals surface area contributed by atoms with Crippen LogP contribution in [0.1, 0.15) is 16.7 Å². The summed E-state index contributed by atoms with van der Waals surface area (Å²) in [6, 6.07) is 11.0. The van der Waals surface area contributed by atoms with Crippen molar-refractivity contribution in [2.24, 2.45) is 0 Å². The summed E-state index contributed by atoms with van der Waals surface area (Å²) >= 11 is 0. The predicted molar refractivity (Wildman–Crippen MR) is 71.7 cm³/mol. The average Bonchev–Trinajstić information content (AvgIpc) is 2.40. The lowest BCUT2D eigenvalue weighted by atomic mass is 9.97. The molecular weight excluding hydrogens is 241 g/mol. The van der Waals surface area contributed by atoms with E-state index < -0.39 is 0 Å². The molecule has 0 aliphatic rings. The van der Waals surface area contributed by atoms with E-state index in [1.807, 2.05) is 31.2 Å². The first-order chi connectivity index (χ1) is 9.13. The van der Waals surface area contributed by atoms with Gasteiger partial charge in [-0.1, -0.05) is 36.4 Å². The van der Waals surface area contributed by atoms with E-state index in [2.05, 4.69) is 0 Å². The lowest BCUT2D eigenvalue weighted by Gasteiger charge is -2.10. The molecule has 0 saturated heterocycles. The number of hydrogen-bond acceptors (Lipinski definition) is 2. The molecule has 0 saturated carbocycles. The highest BCUT2D eigenvalue weighted by molar-refractivity contribution is 5.68.